The Hall–Kier alpha value is -4.29. The van der Waals surface area contributed by atoms with Crippen molar-refractivity contribution in [1.82, 2.24) is 15.3 Å². The molecule has 0 radical (unpaired) electrons. The second-order valence-corrected chi connectivity index (χ2v) is 9.60. The fourth-order valence-electron chi connectivity index (χ4n) is 4.68. The molecule has 3 aromatic carbocycles. The number of carbonyl (C=O) groups is 1. The van der Waals surface area contributed by atoms with Crippen LogP contribution in [-0.4, -0.2) is 21.0 Å². The van der Waals surface area contributed by atoms with Crippen LogP contribution in [0.1, 0.15) is 52.2 Å². The zero-order chi connectivity index (χ0) is 26.0. The molecule has 0 saturated heterocycles. The Bertz CT molecular complexity index is 1540. The highest BCUT2D eigenvalue weighted by Crippen LogP contribution is 2.33. The molecule has 1 amide bonds. The highest BCUT2D eigenvalue weighted by atomic mass is 16.4. The summed E-state index contributed by atoms with van der Waals surface area (Å²) in [5.41, 5.74) is 4.95. The fourth-order valence-corrected chi connectivity index (χ4v) is 4.68. The molecule has 2 unspecified atom stereocenters. The van der Waals surface area contributed by atoms with Gasteiger partial charge in [0.05, 0.1) is 18.2 Å². The number of amides is 1. The van der Waals surface area contributed by atoms with Gasteiger partial charge in [-0.3, -0.25) is 4.79 Å². The molecule has 2 atom stereocenters. The second-order valence-electron chi connectivity index (χ2n) is 9.60. The number of hydrogen-bond acceptors (Lipinski definition) is 5. The zero-order valence-electron chi connectivity index (χ0n) is 21.1. The van der Waals surface area contributed by atoms with Crippen LogP contribution in [0.15, 0.2) is 95.8 Å². The monoisotopic (exact) mass is 491 g/mol. The Balaban J connectivity index is 1.38. The Morgan fingerprint density at radius 3 is 2.57 bits per heavy atom. The minimum absolute atomic E-state index is 0.0788. The molecule has 2 heterocycles. The van der Waals surface area contributed by atoms with E-state index in [9.17, 15) is 9.90 Å². The van der Waals surface area contributed by atoms with Crippen LogP contribution in [0.2, 0.25) is 0 Å². The summed E-state index contributed by atoms with van der Waals surface area (Å²) in [5.74, 6) is 0.298. The average molecular weight is 492 g/mol. The Labute approximate surface area is 216 Å². The summed E-state index contributed by atoms with van der Waals surface area (Å²) in [4.78, 5) is 21.3. The molecule has 2 N–H and O–H groups in total. The van der Waals surface area contributed by atoms with Gasteiger partial charge in [-0.25, -0.2) is 9.97 Å². The Kier molecular flexibility index (Phi) is 6.59. The summed E-state index contributed by atoms with van der Waals surface area (Å²) in [5, 5.41) is 15.1. The number of benzene rings is 3. The normalized spacial score (nSPS) is 13.7. The van der Waals surface area contributed by atoms with Crippen LogP contribution < -0.4 is 5.32 Å². The van der Waals surface area contributed by atoms with Crippen LogP contribution in [0.5, 0.6) is 0 Å². The van der Waals surface area contributed by atoms with Crippen LogP contribution in [0.3, 0.4) is 0 Å². The zero-order valence-corrected chi connectivity index (χ0v) is 21.1. The number of rotatable bonds is 7. The summed E-state index contributed by atoms with van der Waals surface area (Å²) < 4.78 is 5.94. The minimum atomic E-state index is -1.41. The first-order valence-electron chi connectivity index (χ1n) is 12.2. The third-order valence-electron chi connectivity index (χ3n) is 6.68. The van der Waals surface area contributed by atoms with Gasteiger partial charge in [0, 0.05) is 11.6 Å². The fraction of sp³-hybridized carbons (Fsp3) is 0.194. The van der Waals surface area contributed by atoms with E-state index in [1.807, 2.05) is 48.5 Å². The molecular weight excluding hydrogens is 462 g/mol. The third kappa shape index (κ3) is 5.15. The number of furan rings is 1. The highest BCUT2D eigenvalue weighted by molar-refractivity contribution is 5.83. The van der Waals surface area contributed by atoms with Gasteiger partial charge < -0.3 is 14.8 Å². The van der Waals surface area contributed by atoms with E-state index in [4.69, 9.17) is 4.42 Å². The number of aryl methyl sites for hydroxylation is 2. The first-order valence-corrected chi connectivity index (χ1v) is 12.2. The van der Waals surface area contributed by atoms with E-state index < -0.39 is 5.60 Å². The second kappa shape index (κ2) is 9.99. The number of fused-ring (bicyclic) bond motifs is 1. The van der Waals surface area contributed by atoms with E-state index in [-0.39, 0.29) is 18.4 Å². The number of aromatic nitrogens is 2. The van der Waals surface area contributed by atoms with Gasteiger partial charge in [-0.2, -0.15) is 0 Å². The standard InChI is InChI=1S/C31H29N3O3/c1-20-9-11-25(21(2)15-20)30(23-7-5-4-6-8-23)34-29(35)17-22-10-12-26-24(16-22)18-28(37-26)31(3,36)27-13-14-32-19-33-27/h4-16,18-19,30,36H,17H2,1-3H3,(H,34,35). The Morgan fingerprint density at radius 2 is 1.84 bits per heavy atom. The molecule has 6 heteroatoms. The van der Waals surface area contributed by atoms with E-state index in [1.165, 1.54) is 11.9 Å². The molecule has 0 fully saturated rings. The molecule has 0 aliphatic heterocycles. The first-order chi connectivity index (χ1) is 17.8. The lowest BCUT2D eigenvalue weighted by Gasteiger charge is -2.22. The van der Waals surface area contributed by atoms with Gasteiger partial charge in [0.25, 0.3) is 0 Å². The van der Waals surface area contributed by atoms with Gasteiger partial charge in [0.1, 0.15) is 17.7 Å². The summed E-state index contributed by atoms with van der Waals surface area (Å²) in [6.07, 6.45) is 3.19. The predicted octanol–water partition coefficient (Wildman–Crippen LogP) is 5.54. The maximum Gasteiger partial charge on any atom is 0.225 e. The molecular formula is C31H29N3O3. The summed E-state index contributed by atoms with van der Waals surface area (Å²) >= 11 is 0. The van der Waals surface area contributed by atoms with Crippen molar-refractivity contribution in [3.05, 3.63) is 131 Å². The van der Waals surface area contributed by atoms with E-state index in [0.29, 0.717) is 17.0 Å². The summed E-state index contributed by atoms with van der Waals surface area (Å²) in [6, 6.07) is 25.1. The number of aliphatic hydroxyl groups is 1. The van der Waals surface area contributed by atoms with Crippen LogP contribution in [0.25, 0.3) is 11.0 Å². The first kappa shape index (κ1) is 24.4. The molecule has 6 nitrogen and oxygen atoms in total. The third-order valence-corrected chi connectivity index (χ3v) is 6.68. The molecule has 0 bridgehead atoms. The van der Waals surface area contributed by atoms with Gasteiger partial charge in [-0.15, -0.1) is 0 Å². The van der Waals surface area contributed by atoms with Crippen molar-refractivity contribution >= 4 is 16.9 Å². The van der Waals surface area contributed by atoms with Crippen LogP contribution in [0, 0.1) is 13.8 Å². The van der Waals surface area contributed by atoms with Crippen molar-refractivity contribution in [2.24, 2.45) is 0 Å². The number of nitrogens with zero attached hydrogens (tertiary/aromatic N) is 2. The SMILES string of the molecule is Cc1ccc(C(NC(=O)Cc2ccc3oc(C(C)(O)c4ccncn4)cc3c2)c2ccccc2)c(C)c1. The smallest absolute Gasteiger partial charge is 0.225 e. The van der Waals surface area contributed by atoms with Crippen molar-refractivity contribution < 1.29 is 14.3 Å². The van der Waals surface area contributed by atoms with Gasteiger partial charge in [0.2, 0.25) is 5.91 Å². The van der Waals surface area contributed by atoms with Crippen molar-refractivity contribution in [3.8, 4) is 0 Å². The molecule has 5 aromatic rings. The number of carbonyl (C=O) groups excluding carboxylic acids is 1. The summed E-state index contributed by atoms with van der Waals surface area (Å²) in [7, 11) is 0. The van der Waals surface area contributed by atoms with E-state index >= 15 is 0 Å². The molecule has 0 saturated carbocycles. The molecule has 5 rings (SSSR count). The van der Waals surface area contributed by atoms with Crippen LogP contribution in [0.4, 0.5) is 0 Å². The Morgan fingerprint density at radius 1 is 1.03 bits per heavy atom. The topological polar surface area (TPSA) is 88.2 Å². The van der Waals surface area contributed by atoms with Gasteiger partial charge in [0.15, 0.2) is 5.60 Å². The molecule has 0 aliphatic carbocycles. The highest BCUT2D eigenvalue weighted by Gasteiger charge is 2.31. The largest absolute Gasteiger partial charge is 0.458 e. The quantitative estimate of drug-likeness (QED) is 0.312. The molecule has 2 aromatic heterocycles. The predicted molar refractivity (Wildman–Crippen MR) is 143 cm³/mol. The number of nitrogens with one attached hydrogen (secondary N) is 1. The van der Waals surface area contributed by atoms with Crippen LogP contribution in [-0.2, 0) is 16.8 Å². The van der Waals surface area contributed by atoms with E-state index in [0.717, 1.165) is 27.6 Å². The van der Waals surface area contributed by atoms with Crippen molar-refractivity contribution in [2.45, 2.75) is 38.8 Å². The van der Waals surface area contributed by atoms with Crippen LogP contribution >= 0.6 is 0 Å². The number of hydrogen-bond donors (Lipinski definition) is 2. The van der Waals surface area contributed by atoms with Crippen molar-refractivity contribution in [2.75, 3.05) is 0 Å². The minimum Gasteiger partial charge on any atom is -0.458 e. The molecule has 0 aliphatic rings. The van der Waals surface area contributed by atoms with E-state index in [2.05, 4.69) is 47.3 Å². The lowest BCUT2D eigenvalue weighted by atomic mass is 9.93. The molecule has 186 valence electrons. The van der Waals surface area contributed by atoms with Gasteiger partial charge in [-0.05, 0) is 67.3 Å². The molecule has 0 spiro atoms. The summed E-state index contributed by atoms with van der Waals surface area (Å²) in [6.45, 7) is 5.78. The van der Waals surface area contributed by atoms with Gasteiger partial charge >= 0.3 is 0 Å². The maximum absolute atomic E-state index is 13.2. The van der Waals surface area contributed by atoms with Gasteiger partial charge in [-0.1, -0.05) is 60.2 Å². The molecule has 37 heavy (non-hydrogen) atoms. The van der Waals surface area contributed by atoms with Crippen molar-refractivity contribution in [3.63, 3.8) is 0 Å². The lowest BCUT2D eigenvalue weighted by Crippen LogP contribution is -2.31. The van der Waals surface area contributed by atoms with Crippen molar-refractivity contribution in [1.29, 1.82) is 0 Å². The van der Waals surface area contributed by atoms with E-state index in [1.54, 1.807) is 25.3 Å². The average Bonchev–Trinajstić information content (AvgIpc) is 3.33. The lowest BCUT2D eigenvalue weighted by molar-refractivity contribution is -0.120. The maximum atomic E-state index is 13.2.